The van der Waals surface area contributed by atoms with Crippen LogP contribution in [0.5, 0.6) is 0 Å². The number of nitrogens with one attached hydrogen (secondary N) is 1. The normalized spacial score (nSPS) is 16.6. The van der Waals surface area contributed by atoms with Gasteiger partial charge in [0.2, 0.25) is 0 Å². The Morgan fingerprint density at radius 1 is 1.11 bits per heavy atom. The van der Waals surface area contributed by atoms with Crippen LogP contribution >= 0.6 is 0 Å². The number of nitrogens with zero attached hydrogens (tertiary/aromatic N) is 1. The van der Waals surface area contributed by atoms with Gasteiger partial charge in [-0.15, -0.1) is 0 Å². The molecule has 0 fully saturated rings. The summed E-state index contributed by atoms with van der Waals surface area (Å²) in [4.78, 5) is 2.71. The first-order chi connectivity index (χ1) is 9.02. The molecule has 0 aliphatic heterocycles. The van der Waals surface area contributed by atoms with Crippen molar-refractivity contribution in [3.05, 3.63) is 0 Å². The van der Waals surface area contributed by atoms with Crippen LogP contribution in [0, 0.1) is 5.41 Å². The van der Waals surface area contributed by atoms with E-state index in [1.54, 1.807) is 0 Å². The predicted octanol–water partition coefficient (Wildman–Crippen LogP) is 4.30. The molecule has 2 atom stereocenters. The average Bonchev–Trinajstić information content (AvgIpc) is 2.43. The second-order valence-electron chi connectivity index (χ2n) is 6.42. The summed E-state index contributed by atoms with van der Waals surface area (Å²) in [6, 6.07) is 0.712. The van der Waals surface area contributed by atoms with Crippen molar-refractivity contribution in [3.8, 4) is 0 Å². The largest absolute Gasteiger partial charge is 0.316 e. The Hall–Kier alpha value is -0.0800. The predicted molar refractivity (Wildman–Crippen MR) is 87.8 cm³/mol. The maximum absolute atomic E-state index is 3.62. The molecule has 0 aliphatic rings. The SMILES string of the molecule is CCCCN(CC(C)(CC)CNCCC)C(C)CC. The van der Waals surface area contributed by atoms with E-state index in [9.17, 15) is 0 Å². The van der Waals surface area contributed by atoms with Crippen LogP contribution in [0.1, 0.15) is 73.6 Å². The Labute approximate surface area is 122 Å². The summed E-state index contributed by atoms with van der Waals surface area (Å²) in [5.41, 5.74) is 0.409. The smallest absolute Gasteiger partial charge is 0.00645 e. The van der Waals surface area contributed by atoms with Crippen molar-refractivity contribution in [2.24, 2.45) is 5.41 Å². The highest BCUT2D eigenvalue weighted by atomic mass is 15.2. The fraction of sp³-hybridized carbons (Fsp3) is 1.00. The van der Waals surface area contributed by atoms with Crippen molar-refractivity contribution in [1.82, 2.24) is 10.2 Å². The standard InChI is InChI=1S/C17H38N2/c1-7-11-13-19(16(5)9-3)15-17(6,10-4)14-18-12-8-2/h16,18H,7-15H2,1-6H3. The van der Waals surface area contributed by atoms with E-state index < -0.39 is 0 Å². The van der Waals surface area contributed by atoms with E-state index in [4.69, 9.17) is 0 Å². The third kappa shape index (κ3) is 7.94. The minimum atomic E-state index is 0.409. The maximum Gasteiger partial charge on any atom is 0.00645 e. The molecule has 0 aliphatic carbocycles. The van der Waals surface area contributed by atoms with Crippen LogP contribution in [0.3, 0.4) is 0 Å². The van der Waals surface area contributed by atoms with Gasteiger partial charge < -0.3 is 10.2 Å². The molecule has 0 amide bonds. The molecule has 0 rings (SSSR count). The minimum absolute atomic E-state index is 0.409. The van der Waals surface area contributed by atoms with Gasteiger partial charge in [-0.3, -0.25) is 0 Å². The van der Waals surface area contributed by atoms with Crippen molar-refractivity contribution < 1.29 is 0 Å². The van der Waals surface area contributed by atoms with E-state index in [1.165, 1.54) is 45.2 Å². The number of rotatable bonds is 12. The first kappa shape index (κ1) is 18.9. The van der Waals surface area contributed by atoms with E-state index >= 15 is 0 Å². The van der Waals surface area contributed by atoms with Crippen LogP contribution in [0.4, 0.5) is 0 Å². The Morgan fingerprint density at radius 2 is 1.79 bits per heavy atom. The van der Waals surface area contributed by atoms with Gasteiger partial charge in [-0.25, -0.2) is 0 Å². The van der Waals surface area contributed by atoms with Gasteiger partial charge >= 0.3 is 0 Å². The zero-order chi connectivity index (χ0) is 14.7. The van der Waals surface area contributed by atoms with Crippen LogP contribution in [0.25, 0.3) is 0 Å². The molecule has 0 aromatic carbocycles. The van der Waals surface area contributed by atoms with Gasteiger partial charge in [0.25, 0.3) is 0 Å². The number of hydrogen-bond acceptors (Lipinski definition) is 2. The lowest BCUT2D eigenvalue weighted by molar-refractivity contribution is 0.116. The van der Waals surface area contributed by atoms with Crippen molar-refractivity contribution >= 4 is 0 Å². The molecule has 19 heavy (non-hydrogen) atoms. The van der Waals surface area contributed by atoms with Gasteiger partial charge in [0.05, 0.1) is 0 Å². The van der Waals surface area contributed by atoms with E-state index in [2.05, 4.69) is 51.8 Å². The summed E-state index contributed by atoms with van der Waals surface area (Å²) in [6.45, 7) is 18.8. The van der Waals surface area contributed by atoms with Crippen LogP contribution in [0.2, 0.25) is 0 Å². The van der Waals surface area contributed by atoms with Crippen LogP contribution in [-0.2, 0) is 0 Å². The Bertz CT molecular complexity index is 205. The molecule has 0 saturated carbocycles. The summed E-state index contributed by atoms with van der Waals surface area (Å²) in [7, 11) is 0. The second kappa shape index (κ2) is 10.7. The maximum atomic E-state index is 3.62. The summed E-state index contributed by atoms with van der Waals surface area (Å²) in [5.74, 6) is 0. The monoisotopic (exact) mass is 270 g/mol. The summed E-state index contributed by atoms with van der Waals surface area (Å²) < 4.78 is 0. The molecule has 0 aromatic heterocycles. The average molecular weight is 271 g/mol. The molecule has 0 spiro atoms. The van der Waals surface area contributed by atoms with Crippen molar-refractivity contribution in [3.63, 3.8) is 0 Å². The van der Waals surface area contributed by atoms with Crippen molar-refractivity contribution in [1.29, 1.82) is 0 Å². The molecule has 116 valence electrons. The Kier molecular flexibility index (Phi) is 10.6. The van der Waals surface area contributed by atoms with Gasteiger partial charge in [-0.1, -0.05) is 41.0 Å². The molecular formula is C17H38N2. The molecule has 2 nitrogen and oxygen atoms in total. The molecule has 2 unspecified atom stereocenters. The van der Waals surface area contributed by atoms with Gasteiger partial charge in [0.15, 0.2) is 0 Å². The summed E-state index contributed by atoms with van der Waals surface area (Å²) in [5, 5.41) is 3.62. The topological polar surface area (TPSA) is 15.3 Å². The van der Waals surface area contributed by atoms with Crippen LogP contribution in [0.15, 0.2) is 0 Å². The van der Waals surface area contributed by atoms with Gasteiger partial charge in [-0.05, 0) is 51.1 Å². The van der Waals surface area contributed by atoms with E-state index in [0.29, 0.717) is 11.5 Å². The summed E-state index contributed by atoms with van der Waals surface area (Å²) >= 11 is 0. The second-order valence-corrected chi connectivity index (χ2v) is 6.42. The van der Waals surface area contributed by atoms with Crippen molar-refractivity contribution in [2.45, 2.75) is 79.7 Å². The molecule has 0 heterocycles. The van der Waals surface area contributed by atoms with Crippen molar-refractivity contribution in [2.75, 3.05) is 26.2 Å². The van der Waals surface area contributed by atoms with Crippen LogP contribution < -0.4 is 5.32 Å². The summed E-state index contributed by atoms with van der Waals surface area (Å²) in [6.07, 6.45) is 6.36. The number of hydrogen-bond donors (Lipinski definition) is 1. The molecule has 0 aromatic rings. The molecule has 0 bridgehead atoms. The highest BCUT2D eigenvalue weighted by Gasteiger charge is 2.26. The molecular weight excluding hydrogens is 232 g/mol. The van der Waals surface area contributed by atoms with Gasteiger partial charge in [0, 0.05) is 19.1 Å². The third-order valence-electron chi connectivity index (χ3n) is 4.43. The lowest BCUT2D eigenvalue weighted by atomic mass is 9.86. The highest BCUT2D eigenvalue weighted by Crippen LogP contribution is 2.23. The quantitative estimate of drug-likeness (QED) is 0.532. The molecule has 0 saturated heterocycles. The Balaban J connectivity index is 4.46. The minimum Gasteiger partial charge on any atom is -0.316 e. The van der Waals surface area contributed by atoms with Crippen LogP contribution in [-0.4, -0.2) is 37.1 Å². The lowest BCUT2D eigenvalue weighted by Gasteiger charge is -2.38. The zero-order valence-electron chi connectivity index (χ0n) is 14.4. The van der Waals surface area contributed by atoms with Gasteiger partial charge in [-0.2, -0.15) is 0 Å². The van der Waals surface area contributed by atoms with E-state index in [0.717, 1.165) is 13.1 Å². The molecule has 1 N–H and O–H groups in total. The van der Waals surface area contributed by atoms with E-state index in [-0.39, 0.29) is 0 Å². The molecule has 0 radical (unpaired) electrons. The fourth-order valence-electron chi connectivity index (χ4n) is 2.42. The lowest BCUT2D eigenvalue weighted by Crippen LogP contribution is -2.45. The number of unbranched alkanes of at least 4 members (excludes halogenated alkanes) is 1. The fourth-order valence-corrected chi connectivity index (χ4v) is 2.42. The third-order valence-corrected chi connectivity index (χ3v) is 4.43. The highest BCUT2D eigenvalue weighted by molar-refractivity contribution is 4.81. The first-order valence-electron chi connectivity index (χ1n) is 8.47. The molecule has 2 heteroatoms. The van der Waals surface area contributed by atoms with E-state index in [1.807, 2.05) is 0 Å². The van der Waals surface area contributed by atoms with Gasteiger partial charge in [0.1, 0.15) is 0 Å². The zero-order valence-corrected chi connectivity index (χ0v) is 14.4. The Morgan fingerprint density at radius 3 is 2.26 bits per heavy atom. The first-order valence-corrected chi connectivity index (χ1v) is 8.47.